The van der Waals surface area contributed by atoms with Crippen molar-refractivity contribution in [3.8, 4) is 0 Å². The van der Waals surface area contributed by atoms with Gasteiger partial charge in [-0.1, -0.05) is 0 Å². The summed E-state index contributed by atoms with van der Waals surface area (Å²) in [4.78, 5) is 19.4. The molecule has 7 nitrogen and oxygen atoms in total. The molecule has 0 atom stereocenters. The van der Waals surface area contributed by atoms with Crippen molar-refractivity contribution in [2.75, 3.05) is 12.8 Å². The van der Waals surface area contributed by atoms with Gasteiger partial charge in [0.05, 0.1) is 11.4 Å². The second kappa shape index (κ2) is 6.12. The van der Waals surface area contributed by atoms with Gasteiger partial charge < -0.3 is 0 Å². The van der Waals surface area contributed by atoms with Gasteiger partial charge >= 0.3 is 0 Å². The van der Waals surface area contributed by atoms with E-state index in [1.165, 1.54) is 0 Å². The first-order chi connectivity index (χ1) is 12.0. The van der Waals surface area contributed by atoms with Crippen LogP contribution in [0, 0.1) is 0 Å². The van der Waals surface area contributed by atoms with Crippen LogP contribution in [0.1, 0.15) is 17.0 Å². The van der Waals surface area contributed by atoms with Crippen molar-refractivity contribution in [1.29, 1.82) is 0 Å². The van der Waals surface area contributed by atoms with Crippen molar-refractivity contribution in [2.24, 2.45) is 0 Å². The van der Waals surface area contributed by atoms with E-state index >= 15 is 0 Å². The topological polar surface area (TPSA) is 88.9 Å². The van der Waals surface area contributed by atoms with Gasteiger partial charge in [-0.3, -0.25) is 4.90 Å². The van der Waals surface area contributed by atoms with Crippen LogP contribution in [0.25, 0.3) is 11.0 Å². The number of fused-ring (bicyclic) bond motifs is 2. The molecule has 0 saturated heterocycles. The second-order valence-electron chi connectivity index (χ2n) is 6.21. The molecule has 1 aliphatic rings. The fraction of sp³-hybridized carbons (Fsp3) is 0.294. The summed E-state index contributed by atoms with van der Waals surface area (Å²) in [6.45, 7) is 2.19. The monoisotopic (exact) mass is 355 g/mol. The van der Waals surface area contributed by atoms with Gasteiger partial charge in [-0.25, -0.2) is 28.4 Å². The quantitative estimate of drug-likeness (QED) is 0.656. The van der Waals surface area contributed by atoms with Crippen molar-refractivity contribution >= 4 is 20.9 Å². The van der Waals surface area contributed by atoms with Gasteiger partial charge in [-0.05, 0) is 24.3 Å². The molecule has 0 amide bonds. The molecule has 0 fully saturated rings. The number of pyridine rings is 2. The van der Waals surface area contributed by atoms with Crippen molar-refractivity contribution in [2.45, 2.75) is 24.7 Å². The van der Waals surface area contributed by atoms with Crippen LogP contribution in [-0.2, 0) is 29.3 Å². The smallest absolute Gasteiger partial charge is 0.246 e. The lowest BCUT2D eigenvalue weighted by Crippen LogP contribution is -2.31. The Morgan fingerprint density at radius 2 is 2.04 bits per heavy atom. The maximum atomic E-state index is 11.6. The Morgan fingerprint density at radius 3 is 2.88 bits per heavy atom. The molecule has 0 aromatic carbocycles. The van der Waals surface area contributed by atoms with Crippen LogP contribution in [0.15, 0.2) is 41.8 Å². The largest absolute Gasteiger partial charge is 0.293 e. The molecule has 0 bridgehead atoms. The van der Waals surface area contributed by atoms with Crippen molar-refractivity contribution in [3.63, 3.8) is 0 Å². The first kappa shape index (κ1) is 16.0. The fourth-order valence-corrected chi connectivity index (χ4v) is 3.50. The van der Waals surface area contributed by atoms with Crippen LogP contribution in [0.2, 0.25) is 0 Å². The Bertz CT molecular complexity index is 1050. The molecule has 3 aromatic rings. The molecule has 128 valence electrons. The molecular weight excluding hydrogens is 338 g/mol. The minimum Gasteiger partial charge on any atom is -0.293 e. The Hall–Kier alpha value is -2.45. The van der Waals surface area contributed by atoms with E-state index in [0.29, 0.717) is 19.5 Å². The minimum absolute atomic E-state index is 0.0954. The Labute approximate surface area is 145 Å². The average Bonchev–Trinajstić information content (AvgIpc) is 2.60. The number of hydrogen-bond donors (Lipinski definition) is 0. The summed E-state index contributed by atoms with van der Waals surface area (Å²) in [5.41, 5.74) is 3.50. The number of rotatable bonds is 3. The molecule has 0 radical (unpaired) electrons. The van der Waals surface area contributed by atoms with E-state index in [1.807, 2.05) is 24.3 Å². The summed E-state index contributed by atoms with van der Waals surface area (Å²) in [5.74, 6) is 0. The lowest BCUT2D eigenvalue weighted by Gasteiger charge is -2.27. The molecule has 25 heavy (non-hydrogen) atoms. The standard InChI is InChI=1S/C17H17N5O2S/c1-25(23,24)17-19-9-13-10-22(8-6-15(13)21-17)11-14-5-4-12-3-2-7-18-16(12)20-14/h2-5,7,9H,6,8,10-11H2,1H3. The molecule has 4 heterocycles. The third-order valence-electron chi connectivity index (χ3n) is 4.23. The summed E-state index contributed by atoms with van der Waals surface area (Å²) in [5, 5.41) is 0.930. The highest BCUT2D eigenvalue weighted by atomic mass is 32.2. The molecular formula is C17H17N5O2S. The zero-order valence-electron chi connectivity index (χ0n) is 13.8. The molecule has 0 aliphatic carbocycles. The van der Waals surface area contributed by atoms with E-state index in [0.717, 1.165) is 40.8 Å². The van der Waals surface area contributed by atoms with Crippen LogP contribution >= 0.6 is 0 Å². The third kappa shape index (κ3) is 3.35. The predicted octanol–water partition coefficient (Wildman–Crippen LogP) is 1.38. The molecule has 0 saturated carbocycles. The number of hydrogen-bond acceptors (Lipinski definition) is 7. The maximum Gasteiger partial charge on any atom is 0.246 e. The first-order valence-corrected chi connectivity index (χ1v) is 9.86. The van der Waals surface area contributed by atoms with Gasteiger partial charge in [0.25, 0.3) is 0 Å². The van der Waals surface area contributed by atoms with Gasteiger partial charge in [0.15, 0.2) is 5.65 Å². The highest BCUT2D eigenvalue weighted by Gasteiger charge is 2.21. The van der Waals surface area contributed by atoms with Crippen LogP contribution < -0.4 is 0 Å². The Kier molecular flexibility index (Phi) is 3.93. The Morgan fingerprint density at radius 1 is 1.16 bits per heavy atom. The summed E-state index contributed by atoms with van der Waals surface area (Å²) in [6.07, 6.45) is 5.20. The van der Waals surface area contributed by atoms with Crippen LogP contribution in [0.3, 0.4) is 0 Å². The molecule has 4 rings (SSSR count). The van der Waals surface area contributed by atoms with Crippen LogP contribution in [-0.4, -0.2) is 46.1 Å². The fourth-order valence-electron chi connectivity index (χ4n) is 2.98. The minimum atomic E-state index is -3.37. The van der Waals surface area contributed by atoms with E-state index in [9.17, 15) is 8.42 Å². The number of sulfone groups is 1. The summed E-state index contributed by atoms with van der Waals surface area (Å²) >= 11 is 0. The van der Waals surface area contributed by atoms with Crippen LogP contribution in [0.4, 0.5) is 0 Å². The zero-order valence-corrected chi connectivity index (χ0v) is 14.6. The van der Waals surface area contributed by atoms with E-state index in [-0.39, 0.29) is 5.16 Å². The third-order valence-corrected chi connectivity index (χ3v) is 5.09. The normalized spacial score (nSPS) is 15.2. The second-order valence-corrected chi connectivity index (χ2v) is 8.12. The summed E-state index contributed by atoms with van der Waals surface area (Å²) < 4.78 is 23.2. The van der Waals surface area contributed by atoms with Gasteiger partial charge in [-0.15, -0.1) is 0 Å². The van der Waals surface area contributed by atoms with Gasteiger partial charge in [-0.2, -0.15) is 0 Å². The van der Waals surface area contributed by atoms with Crippen molar-refractivity contribution in [1.82, 2.24) is 24.8 Å². The van der Waals surface area contributed by atoms with E-state index in [4.69, 9.17) is 0 Å². The molecule has 0 spiro atoms. The SMILES string of the molecule is CS(=O)(=O)c1ncc2c(n1)CCN(Cc1ccc3cccnc3n1)C2. The van der Waals surface area contributed by atoms with Crippen molar-refractivity contribution in [3.05, 3.63) is 53.6 Å². The molecule has 3 aromatic heterocycles. The first-order valence-electron chi connectivity index (χ1n) is 7.97. The van der Waals surface area contributed by atoms with Gasteiger partial charge in [0.1, 0.15) is 0 Å². The summed E-state index contributed by atoms with van der Waals surface area (Å²) in [7, 11) is -3.37. The lowest BCUT2D eigenvalue weighted by molar-refractivity contribution is 0.239. The molecule has 0 N–H and O–H groups in total. The molecule has 8 heteroatoms. The molecule has 1 aliphatic heterocycles. The highest BCUT2D eigenvalue weighted by Crippen LogP contribution is 2.20. The highest BCUT2D eigenvalue weighted by molar-refractivity contribution is 7.90. The zero-order chi connectivity index (χ0) is 17.4. The molecule has 0 unspecified atom stereocenters. The average molecular weight is 355 g/mol. The maximum absolute atomic E-state index is 11.6. The van der Waals surface area contributed by atoms with Crippen molar-refractivity contribution < 1.29 is 8.42 Å². The van der Waals surface area contributed by atoms with Gasteiger partial charge in [0, 0.05) is 55.7 Å². The Balaban J connectivity index is 1.54. The van der Waals surface area contributed by atoms with E-state index < -0.39 is 9.84 Å². The van der Waals surface area contributed by atoms with Crippen LogP contribution in [0.5, 0.6) is 0 Å². The predicted molar refractivity (Wildman–Crippen MR) is 92.5 cm³/mol. The van der Waals surface area contributed by atoms with Gasteiger partial charge in [0.2, 0.25) is 15.0 Å². The number of nitrogens with zero attached hydrogens (tertiary/aromatic N) is 5. The van der Waals surface area contributed by atoms with E-state index in [2.05, 4.69) is 24.8 Å². The summed E-state index contributed by atoms with van der Waals surface area (Å²) in [6, 6.07) is 7.94. The van der Waals surface area contributed by atoms with E-state index in [1.54, 1.807) is 12.4 Å². The lowest BCUT2D eigenvalue weighted by atomic mass is 10.1. The number of aromatic nitrogens is 4.